The molecule has 1 aromatic heterocycles. The number of nitrogens with zero attached hydrogens (tertiary/aromatic N) is 1. The highest BCUT2D eigenvalue weighted by Gasteiger charge is 2.28. The Hall–Kier alpha value is -1.25. The van der Waals surface area contributed by atoms with Crippen LogP contribution in [0.25, 0.3) is 0 Å². The van der Waals surface area contributed by atoms with Crippen LogP contribution in [0.1, 0.15) is 43.1 Å². The van der Waals surface area contributed by atoms with Crippen LogP contribution in [0.15, 0.2) is 12.1 Å². The van der Waals surface area contributed by atoms with Crippen molar-refractivity contribution in [3.05, 3.63) is 23.5 Å². The van der Waals surface area contributed by atoms with Gasteiger partial charge >= 0.3 is 5.97 Å². The monoisotopic (exact) mass is 221 g/mol. The molecule has 3 nitrogen and oxygen atoms in total. The van der Waals surface area contributed by atoms with Crippen LogP contribution in [0.5, 0.6) is 0 Å². The molecule has 1 heterocycles. The Bertz CT molecular complexity index is 375. The Balaban J connectivity index is 2.06. The zero-order chi connectivity index (χ0) is 11.7. The number of hydrogen-bond acceptors (Lipinski definition) is 1. The van der Waals surface area contributed by atoms with Crippen molar-refractivity contribution in [3.8, 4) is 0 Å². The van der Waals surface area contributed by atoms with Gasteiger partial charge in [0, 0.05) is 23.9 Å². The first-order chi connectivity index (χ1) is 7.58. The van der Waals surface area contributed by atoms with Gasteiger partial charge < -0.3 is 9.67 Å². The lowest BCUT2D eigenvalue weighted by Crippen LogP contribution is -2.10. The molecule has 0 spiro atoms. The topological polar surface area (TPSA) is 42.2 Å². The van der Waals surface area contributed by atoms with E-state index in [1.54, 1.807) is 0 Å². The Morgan fingerprint density at radius 1 is 1.38 bits per heavy atom. The number of carbonyl (C=O) groups is 1. The van der Waals surface area contributed by atoms with Crippen molar-refractivity contribution >= 4 is 5.97 Å². The average Bonchev–Trinajstić information content (AvgIpc) is 2.73. The first-order valence-electron chi connectivity index (χ1n) is 5.94. The highest BCUT2D eigenvalue weighted by atomic mass is 16.4. The number of aliphatic carboxylic acids is 1. The quantitative estimate of drug-likeness (QED) is 0.852. The largest absolute Gasteiger partial charge is 0.481 e. The Morgan fingerprint density at radius 2 is 2.00 bits per heavy atom. The second kappa shape index (κ2) is 4.32. The Morgan fingerprint density at radius 3 is 2.56 bits per heavy atom. The van der Waals surface area contributed by atoms with Crippen molar-refractivity contribution in [2.24, 2.45) is 5.92 Å². The number of rotatable bonds is 3. The van der Waals surface area contributed by atoms with Gasteiger partial charge in [0.1, 0.15) is 0 Å². The molecule has 1 aromatic rings. The zero-order valence-electron chi connectivity index (χ0n) is 9.94. The second-order valence-electron chi connectivity index (χ2n) is 4.92. The predicted octanol–water partition coefficient (Wildman–Crippen LogP) is 2.92. The summed E-state index contributed by atoms with van der Waals surface area (Å²) in [6, 6.07) is 4.79. The molecule has 0 aromatic carbocycles. The van der Waals surface area contributed by atoms with E-state index in [0.717, 1.165) is 19.3 Å². The van der Waals surface area contributed by atoms with Gasteiger partial charge in [0.05, 0.1) is 0 Å². The molecule has 1 aliphatic rings. The third-order valence-electron chi connectivity index (χ3n) is 3.67. The highest BCUT2D eigenvalue weighted by molar-refractivity contribution is 5.67. The summed E-state index contributed by atoms with van der Waals surface area (Å²) in [5, 5.41) is 8.79. The van der Waals surface area contributed by atoms with Crippen LogP contribution in [0, 0.1) is 19.8 Å². The van der Waals surface area contributed by atoms with E-state index in [4.69, 9.17) is 5.11 Å². The number of aryl methyl sites for hydroxylation is 2. The molecule has 0 amide bonds. The third kappa shape index (κ3) is 2.13. The van der Waals surface area contributed by atoms with Gasteiger partial charge in [-0.05, 0) is 51.2 Å². The van der Waals surface area contributed by atoms with Crippen molar-refractivity contribution in [3.63, 3.8) is 0 Å². The minimum absolute atomic E-state index is 0.329. The minimum Gasteiger partial charge on any atom is -0.481 e. The molecular weight excluding hydrogens is 202 g/mol. The molecule has 3 heteroatoms. The van der Waals surface area contributed by atoms with Crippen molar-refractivity contribution in [2.45, 2.75) is 45.6 Å². The summed E-state index contributed by atoms with van der Waals surface area (Å²) in [7, 11) is 0. The standard InChI is InChI=1S/C13H19NO2/c1-9-3-4-10(2)14(9)12-6-5-11(7-12)8-13(15)16/h3-4,11-12H,5-8H2,1-2H3,(H,15,16). The average molecular weight is 221 g/mol. The summed E-state index contributed by atoms with van der Waals surface area (Å²) in [6.07, 6.45) is 3.51. The minimum atomic E-state index is -0.661. The normalized spacial score (nSPS) is 24.9. The fraction of sp³-hybridized carbons (Fsp3) is 0.615. The van der Waals surface area contributed by atoms with Gasteiger partial charge in [0.25, 0.3) is 0 Å². The van der Waals surface area contributed by atoms with Crippen LogP contribution in [0.2, 0.25) is 0 Å². The number of carboxylic acids is 1. The maximum atomic E-state index is 10.7. The van der Waals surface area contributed by atoms with Crippen LogP contribution in [0.4, 0.5) is 0 Å². The molecule has 1 aliphatic carbocycles. The Kier molecular flexibility index (Phi) is 3.03. The van der Waals surface area contributed by atoms with Crippen LogP contribution in [-0.4, -0.2) is 15.6 Å². The lowest BCUT2D eigenvalue weighted by molar-refractivity contribution is -0.138. The van der Waals surface area contributed by atoms with Crippen molar-refractivity contribution in [2.75, 3.05) is 0 Å². The summed E-state index contributed by atoms with van der Waals surface area (Å²) in [5.41, 5.74) is 2.58. The maximum absolute atomic E-state index is 10.7. The second-order valence-corrected chi connectivity index (χ2v) is 4.92. The van der Waals surface area contributed by atoms with Crippen LogP contribution >= 0.6 is 0 Å². The van der Waals surface area contributed by atoms with E-state index in [-0.39, 0.29) is 0 Å². The first-order valence-corrected chi connectivity index (χ1v) is 5.94. The molecule has 88 valence electrons. The van der Waals surface area contributed by atoms with Crippen molar-refractivity contribution in [1.82, 2.24) is 4.57 Å². The summed E-state index contributed by atoms with van der Waals surface area (Å²) in [5.74, 6) is -0.296. The predicted molar refractivity (Wildman–Crippen MR) is 62.5 cm³/mol. The summed E-state index contributed by atoms with van der Waals surface area (Å²) < 4.78 is 2.36. The zero-order valence-corrected chi connectivity index (χ0v) is 9.94. The Labute approximate surface area is 96.1 Å². The molecule has 16 heavy (non-hydrogen) atoms. The molecule has 2 rings (SSSR count). The van der Waals surface area contributed by atoms with Crippen molar-refractivity contribution < 1.29 is 9.90 Å². The van der Waals surface area contributed by atoms with E-state index in [2.05, 4.69) is 30.5 Å². The molecule has 0 bridgehead atoms. The van der Waals surface area contributed by atoms with E-state index < -0.39 is 5.97 Å². The van der Waals surface area contributed by atoms with E-state index in [1.165, 1.54) is 11.4 Å². The molecule has 2 atom stereocenters. The molecule has 1 N–H and O–H groups in total. The van der Waals surface area contributed by atoms with E-state index in [9.17, 15) is 4.79 Å². The van der Waals surface area contributed by atoms with Crippen LogP contribution < -0.4 is 0 Å². The number of carboxylic acid groups (broad SMARTS) is 1. The van der Waals surface area contributed by atoms with E-state index in [0.29, 0.717) is 18.4 Å². The molecule has 1 fully saturated rings. The van der Waals surface area contributed by atoms with Crippen LogP contribution in [-0.2, 0) is 4.79 Å². The SMILES string of the molecule is Cc1ccc(C)n1C1CCC(CC(=O)O)C1. The molecule has 0 saturated heterocycles. The lowest BCUT2D eigenvalue weighted by atomic mass is 10.0. The fourth-order valence-corrected chi connectivity index (χ4v) is 2.97. The van der Waals surface area contributed by atoms with Gasteiger partial charge in [-0.1, -0.05) is 0 Å². The van der Waals surface area contributed by atoms with Gasteiger partial charge in [-0.3, -0.25) is 4.79 Å². The van der Waals surface area contributed by atoms with Gasteiger partial charge in [-0.25, -0.2) is 0 Å². The molecule has 0 aliphatic heterocycles. The van der Waals surface area contributed by atoms with E-state index >= 15 is 0 Å². The third-order valence-corrected chi connectivity index (χ3v) is 3.67. The maximum Gasteiger partial charge on any atom is 0.303 e. The number of aromatic nitrogens is 1. The fourth-order valence-electron chi connectivity index (χ4n) is 2.97. The molecular formula is C13H19NO2. The summed E-state index contributed by atoms with van der Waals surface area (Å²) in [6.45, 7) is 4.25. The first kappa shape index (κ1) is 11.2. The van der Waals surface area contributed by atoms with Gasteiger partial charge in [-0.15, -0.1) is 0 Å². The lowest BCUT2D eigenvalue weighted by Gasteiger charge is -2.17. The van der Waals surface area contributed by atoms with Gasteiger partial charge in [0.15, 0.2) is 0 Å². The summed E-state index contributed by atoms with van der Waals surface area (Å²) >= 11 is 0. The number of hydrogen-bond donors (Lipinski definition) is 1. The van der Waals surface area contributed by atoms with Crippen molar-refractivity contribution in [1.29, 1.82) is 0 Å². The van der Waals surface area contributed by atoms with Gasteiger partial charge in [-0.2, -0.15) is 0 Å². The van der Waals surface area contributed by atoms with Crippen LogP contribution in [0.3, 0.4) is 0 Å². The highest BCUT2D eigenvalue weighted by Crippen LogP contribution is 2.37. The summed E-state index contributed by atoms with van der Waals surface area (Å²) in [4.78, 5) is 10.7. The van der Waals surface area contributed by atoms with E-state index in [1.807, 2.05) is 0 Å². The molecule has 0 radical (unpaired) electrons. The smallest absolute Gasteiger partial charge is 0.303 e. The molecule has 1 saturated carbocycles. The molecule has 2 unspecified atom stereocenters. The van der Waals surface area contributed by atoms with Gasteiger partial charge in [0.2, 0.25) is 0 Å².